The molecule has 1 aromatic heterocycles. The Hall–Kier alpha value is -3.18. The van der Waals surface area contributed by atoms with Crippen LogP contribution in [0.5, 0.6) is 5.75 Å². The molecule has 2 aromatic carbocycles. The molecule has 0 spiro atoms. The molecule has 0 aliphatic carbocycles. The molecular weight excluding hydrogens is 362 g/mol. The van der Waals surface area contributed by atoms with Gasteiger partial charge < -0.3 is 9.64 Å². The Morgan fingerprint density at radius 3 is 2.28 bits per heavy atom. The first-order chi connectivity index (χ1) is 14.3. The van der Waals surface area contributed by atoms with E-state index in [0.29, 0.717) is 12.2 Å². The lowest BCUT2D eigenvalue weighted by atomic mass is 10.1. The maximum Gasteiger partial charge on any atom is 0.253 e. The molecule has 148 valence electrons. The van der Waals surface area contributed by atoms with Gasteiger partial charge in [0.15, 0.2) is 0 Å². The fourth-order valence-electron chi connectivity index (χ4n) is 3.48. The van der Waals surface area contributed by atoms with Crippen LogP contribution in [0.25, 0.3) is 0 Å². The van der Waals surface area contributed by atoms with Crippen LogP contribution in [0.15, 0.2) is 79.1 Å². The van der Waals surface area contributed by atoms with E-state index >= 15 is 0 Å². The van der Waals surface area contributed by atoms with Crippen LogP contribution >= 0.6 is 0 Å². The summed E-state index contributed by atoms with van der Waals surface area (Å²) in [5, 5.41) is 0. The van der Waals surface area contributed by atoms with E-state index in [4.69, 9.17) is 4.74 Å². The normalized spacial score (nSPS) is 14.6. The summed E-state index contributed by atoms with van der Waals surface area (Å²) in [5.41, 5.74) is 3.03. The van der Waals surface area contributed by atoms with E-state index in [-0.39, 0.29) is 5.91 Å². The average molecular weight is 387 g/mol. The number of rotatable bonds is 6. The Morgan fingerprint density at radius 1 is 0.862 bits per heavy atom. The average Bonchev–Trinajstić information content (AvgIpc) is 2.79. The van der Waals surface area contributed by atoms with E-state index in [1.54, 1.807) is 12.4 Å². The number of hydrogen-bond acceptors (Lipinski definition) is 4. The topological polar surface area (TPSA) is 45.7 Å². The van der Waals surface area contributed by atoms with Crippen molar-refractivity contribution in [1.82, 2.24) is 14.8 Å². The molecule has 1 amide bonds. The Balaban J connectivity index is 1.27. The third kappa shape index (κ3) is 5.21. The molecule has 29 heavy (non-hydrogen) atoms. The largest absolute Gasteiger partial charge is 0.489 e. The van der Waals surface area contributed by atoms with E-state index < -0.39 is 0 Å². The Kier molecular flexibility index (Phi) is 6.17. The number of nitrogens with zero attached hydrogens (tertiary/aromatic N) is 3. The van der Waals surface area contributed by atoms with Crippen LogP contribution in [0, 0.1) is 0 Å². The molecule has 1 fully saturated rings. The van der Waals surface area contributed by atoms with Crippen LogP contribution in [0.2, 0.25) is 0 Å². The molecular formula is C24H25N3O2. The Labute approximate surface area is 171 Å². The number of aromatic nitrogens is 1. The van der Waals surface area contributed by atoms with Gasteiger partial charge in [-0.3, -0.25) is 14.7 Å². The highest BCUT2D eigenvalue weighted by Crippen LogP contribution is 2.17. The molecule has 0 N–H and O–H groups in total. The van der Waals surface area contributed by atoms with Gasteiger partial charge in [0, 0.05) is 56.2 Å². The van der Waals surface area contributed by atoms with Crippen molar-refractivity contribution in [2.24, 2.45) is 0 Å². The van der Waals surface area contributed by atoms with Crippen molar-refractivity contribution >= 4 is 5.91 Å². The number of piperazine rings is 1. The summed E-state index contributed by atoms with van der Waals surface area (Å²) in [4.78, 5) is 21.2. The number of ether oxygens (including phenoxy) is 1. The minimum atomic E-state index is 0.0863. The van der Waals surface area contributed by atoms with Gasteiger partial charge in [0.2, 0.25) is 0 Å². The van der Waals surface area contributed by atoms with Gasteiger partial charge in [-0.05, 0) is 35.9 Å². The molecule has 0 bridgehead atoms. The van der Waals surface area contributed by atoms with E-state index in [1.807, 2.05) is 47.4 Å². The minimum Gasteiger partial charge on any atom is -0.489 e. The maximum atomic E-state index is 12.8. The lowest BCUT2D eigenvalue weighted by molar-refractivity contribution is 0.0628. The van der Waals surface area contributed by atoms with Crippen LogP contribution in [0.3, 0.4) is 0 Å². The van der Waals surface area contributed by atoms with Gasteiger partial charge in [-0.1, -0.05) is 36.4 Å². The summed E-state index contributed by atoms with van der Waals surface area (Å²) in [5.74, 6) is 0.834. The minimum absolute atomic E-state index is 0.0863. The van der Waals surface area contributed by atoms with E-state index in [2.05, 4.69) is 34.1 Å². The Bertz CT molecular complexity index is 906. The lowest BCUT2D eigenvalue weighted by Gasteiger charge is -2.34. The van der Waals surface area contributed by atoms with Gasteiger partial charge in [0.25, 0.3) is 5.91 Å². The first-order valence-electron chi connectivity index (χ1n) is 9.95. The lowest BCUT2D eigenvalue weighted by Crippen LogP contribution is -2.48. The maximum absolute atomic E-state index is 12.8. The quantitative estimate of drug-likeness (QED) is 0.648. The summed E-state index contributed by atoms with van der Waals surface area (Å²) in [6.45, 7) is 4.70. The highest BCUT2D eigenvalue weighted by molar-refractivity contribution is 5.94. The van der Waals surface area contributed by atoms with Crippen molar-refractivity contribution in [3.63, 3.8) is 0 Å². The summed E-state index contributed by atoms with van der Waals surface area (Å²) in [6.07, 6.45) is 3.53. The third-order valence-electron chi connectivity index (χ3n) is 5.14. The molecule has 3 aromatic rings. The van der Waals surface area contributed by atoms with Gasteiger partial charge in [0.1, 0.15) is 12.4 Å². The smallest absolute Gasteiger partial charge is 0.253 e. The molecule has 1 aliphatic heterocycles. The molecule has 0 saturated carbocycles. The van der Waals surface area contributed by atoms with Crippen molar-refractivity contribution in [2.75, 3.05) is 26.2 Å². The second-order valence-electron chi connectivity index (χ2n) is 7.23. The predicted molar refractivity (Wildman–Crippen MR) is 113 cm³/mol. The summed E-state index contributed by atoms with van der Waals surface area (Å²) in [7, 11) is 0. The second-order valence-corrected chi connectivity index (χ2v) is 7.23. The molecule has 0 atom stereocenters. The predicted octanol–water partition coefficient (Wildman–Crippen LogP) is 3.62. The van der Waals surface area contributed by atoms with Crippen molar-refractivity contribution in [3.8, 4) is 5.75 Å². The van der Waals surface area contributed by atoms with Gasteiger partial charge in [-0.15, -0.1) is 0 Å². The Morgan fingerprint density at radius 2 is 1.59 bits per heavy atom. The first kappa shape index (κ1) is 19.2. The van der Waals surface area contributed by atoms with Crippen LogP contribution in [-0.2, 0) is 13.2 Å². The van der Waals surface area contributed by atoms with Crippen LogP contribution in [0.1, 0.15) is 21.5 Å². The zero-order valence-electron chi connectivity index (χ0n) is 16.4. The van der Waals surface area contributed by atoms with Gasteiger partial charge >= 0.3 is 0 Å². The number of carbonyl (C=O) groups is 1. The van der Waals surface area contributed by atoms with Crippen molar-refractivity contribution in [1.29, 1.82) is 0 Å². The molecule has 0 unspecified atom stereocenters. The number of carbonyl (C=O) groups excluding carboxylic acids is 1. The highest BCUT2D eigenvalue weighted by atomic mass is 16.5. The summed E-state index contributed by atoms with van der Waals surface area (Å²) >= 11 is 0. The van der Waals surface area contributed by atoms with Crippen LogP contribution in [-0.4, -0.2) is 46.9 Å². The molecule has 4 rings (SSSR count). The van der Waals surface area contributed by atoms with Crippen LogP contribution < -0.4 is 4.74 Å². The molecule has 5 heteroatoms. The summed E-state index contributed by atoms with van der Waals surface area (Å²) < 4.78 is 5.77. The van der Waals surface area contributed by atoms with E-state index in [1.165, 1.54) is 5.56 Å². The first-order valence-corrected chi connectivity index (χ1v) is 9.95. The van der Waals surface area contributed by atoms with Gasteiger partial charge in [0.05, 0.1) is 0 Å². The van der Waals surface area contributed by atoms with Crippen molar-refractivity contribution in [2.45, 2.75) is 13.2 Å². The van der Waals surface area contributed by atoms with E-state index in [0.717, 1.165) is 44.0 Å². The third-order valence-corrected chi connectivity index (χ3v) is 5.14. The fourth-order valence-corrected chi connectivity index (χ4v) is 3.48. The molecule has 5 nitrogen and oxygen atoms in total. The highest BCUT2D eigenvalue weighted by Gasteiger charge is 2.22. The molecule has 2 heterocycles. The van der Waals surface area contributed by atoms with Crippen LogP contribution in [0.4, 0.5) is 0 Å². The van der Waals surface area contributed by atoms with Gasteiger partial charge in [-0.2, -0.15) is 0 Å². The monoisotopic (exact) mass is 387 g/mol. The van der Waals surface area contributed by atoms with Crippen molar-refractivity contribution in [3.05, 3.63) is 95.8 Å². The molecule has 1 saturated heterocycles. The zero-order valence-corrected chi connectivity index (χ0v) is 16.4. The molecule has 0 radical (unpaired) electrons. The second kappa shape index (κ2) is 9.34. The number of pyridine rings is 1. The molecule has 1 aliphatic rings. The zero-order chi connectivity index (χ0) is 19.9. The number of amides is 1. The number of benzene rings is 2. The van der Waals surface area contributed by atoms with Gasteiger partial charge in [-0.25, -0.2) is 0 Å². The SMILES string of the molecule is O=C(c1ccc(OCc2cccnc2)cc1)N1CCN(Cc2ccccc2)CC1. The standard InChI is InChI=1S/C24H25N3O2/c28-24(27-15-13-26(14-16-27)18-20-5-2-1-3-6-20)22-8-10-23(11-9-22)29-19-21-7-4-12-25-17-21/h1-12,17H,13-16,18-19H2. The van der Waals surface area contributed by atoms with E-state index in [9.17, 15) is 4.79 Å². The van der Waals surface area contributed by atoms with Crippen molar-refractivity contribution < 1.29 is 9.53 Å². The summed E-state index contributed by atoms with van der Waals surface area (Å²) in [6, 6.07) is 21.7. The number of hydrogen-bond donors (Lipinski definition) is 0. The fraction of sp³-hybridized carbons (Fsp3) is 0.250.